The molecule has 3 aromatic rings. The summed E-state index contributed by atoms with van der Waals surface area (Å²) in [6.07, 6.45) is 1.66. The number of allylic oxidation sites excluding steroid dienone is 5. The molecule has 3 rings (SSSR count). The van der Waals surface area contributed by atoms with Crippen molar-refractivity contribution in [2.24, 2.45) is 0 Å². The molecule has 2 aromatic carbocycles. The average Bonchev–Trinajstić information content (AvgIpc) is 3.14. The Balaban J connectivity index is 2.24. The molecule has 0 amide bonds. The molecule has 1 aromatic heterocycles. The Morgan fingerprint density at radius 1 is 1.16 bits per heavy atom. The lowest BCUT2D eigenvalue weighted by atomic mass is 9.99. The first-order valence-corrected chi connectivity index (χ1v) is 11.9. The number of halogens is 3. The molecule has 0 saturated heterocycles. The highest BCUT2D eigenvalue weighted by Gasteiger charge is 2.32. The second-order valence-electron chi connectivity index (χ2n) is 8.37. The number of hydrogen-bond acceptors (Lipinski definition) is 4. The third kappa shape index (κ3) is 6.34. The Morgan fingerprint density at radius 3 is 2.50 bits per heavy atom. The molecule has 1 N–H and O–H groups in total. The molecule has 0 fully saturated rings. The van der Waals surface area contributed by atoms with Crippen LogP contribution in [0, 0.1) is 6.92 Å². The van der Waals surface area contributed by atoms with E-state index in [1.165, 1.54) is 18.2 Å². The predicted molar refractivity (Wildman–Crippen MR) is 139 cm³/mol. The van der Waals surface area contributed by atoms with Gasteiger partial charge in [0.1, 0.15) is 11.5 Å². The van der Waals surface area contributed by atoms with Gasteiger partial charge in [0.05, 0.1) is 11.1 Å². The number of ketones is 1. The Kier molecular flexibility index (Phi) is 8.83. The Bertz CT molecular complexity index is 1420. The Morgan fingerprint density at radius 2 is 1.89 bits per heavy atom. The van der Waals surface area contributed by atoms with Crippen LogP contribution in [0.2, 0.25) is 0 Å². The minimum absolute atomic E-state index is 0.228. The summed E-state index contributed by atoms with van der Waals surface area (Å²) < 4.78 is 50.3. The summed E-state index contributed by atoms with van der Waals surface area (Å²) in [5, 5.41) is 9.78. The number of carboxylic acids is 1. The molecular formula is C29H28F3NO5. The zero-order chi connectivity index (χ0) is 28.0. The number of ether oxygens (including phenoxy) is 2. The molecule has 0 spiro atoms. The molecule has 200 valence electrons. The highest BCUT2D eigenvalue weighted by molar-refractivity contribution is 6.19. The Hall–Kier alpha value is -4.27. The van der Waals surface area contributed by atoms with Crippen molar-refractivity contribution in [3.8, 4) is 17.2 Å². The predicted octanol–water partition coefficient (Wildman–Crippen LogP) is 7.34. The van der Waals surface area contributed by atoms with Crippen molar-refractivity contribution in [1.82, 2.24) is 4.57 Å². The average molecular weight is 528 g/mol. The largest absolute Gasteiger partial charge is 0.573 e. The van der Waals surface area contributed by atoms with E-state index < -0.39 is 24.2 Å². The number of hydrogen-bond donors (Lipinski definition) is 1. The summed E-state index contributed by atoms with van der Waals surface area (Å²) in [6.45, 7) is 8.97. The highest BCUT2D eigenvalue weighted by atomic mass is 19.4. The number of alkyl halides is 3. The SMILES string of the molecule is C=C/C(=C\C/C=C\C)C(=O)c1c(C)n(-c2cccc(OC(CC)C(=O)O)c2)c2cc(OC(F)(F)F)ccc12. The van der Waals surface area contributed by atoms with E-state index >= 15 is 0 Å². The van der Waals surface area contributed by atoms with Crippen LogP contribution in [0.1, 0.15) is 42.7 Å². The van der Waals surface area contributed by atoms with Crippen LogP contribution in [0.4, 0.5) is 13.2 Å². The maximum atomic E-state index is 13.6. The smallest absolute Gasteiger partial charge is 0.479 e. The van der Waals surface area contributed by atoms with Gasteiger partial charge in [0.2, 0.25) is 0 Å². The number of rotatable bonds is 11. The zero-order valence-electron chi connectivity index (χ0n) is 21.2. The molecule has 1 atom stereocenters. The number of nitrogens with zero attached hydrogens (tertiary/aromatic N) is 1. The van der Waals surface area contributed by atoms with E-state index in [0.29, 0.717) is 39.8 Å². The molecule has 0 aliphatic heterocycles. The summed E-state index contributed by atoms with van der Waals surface area (Å²) in [6, 6.07) is 10.3. The molecule has 38 heavy (non-hydrogen) atoms. The molecule has 0 bridgehead atoms. The standard InChI is InChI=1S/C29H28F3NO5/c1-5-8-9-11-19(6-2)27(34)26-18(4)33(24-17-22(14-15-23(24)26)38-29(30,31)32)20-12-10-13-21(16-20)37-25(7-3)28(35)36/h5-6,8,10-17,25H,2,7,9H2,1,3-4H3,(H,35,36)/b8-5-,19-11+. The van der Waals surface area contributed by atoms with Crippen molar-refractivity contribution in [2.75, 3.05) is 0 Å². The minimum atomic E-state index is -4.90. The summed E-state index contributed by atoms with van der Waals surface area (Å²) in [4.78, 5) is 25.1. The monoisotopic (exact) mass is 527 g/mol. The summed E-state index contributed by atoms with van der Waals surface area (Å²) >= 11 is 0. The van der Waals surface area contributed by atoms with Crippen LogP contribution in [-0.2, 0) is 4.79 Å². The lowest BCUT2D eigenvalue weighted by molar-refractivity contribution is -0.274. The number of benzene rings is 2. The van der Waals surface area contributed by atoms with Gasteiger partial charge in [0, 0.05) is 34.5 Å². The van der Waals surface area contributed by atoms with Crippen LogP contribution in [0.25, 0.3) is 16.6 Å². The van der Waals surface area contributed by atoms with Gasteiger partial charge in [0.25, 0.3) is 0 Å². The maximum absolute atomic E-state index is 13.6. The fourth-order valence-corrected chi connectivity index (χ4v) is 4.12. The number of aromatic nitrogens is 1. The van der Waals surface area contributed by atoms with Gasteiger partial charge in [-0.25, -0.2) is 4.79 Å². The zero-order valence-corrected chi connectivity index (χ0v) is 21.2. The fraction of sp³-hybridized carbons (Fsp3) is 0.241. The first kappa shape index (κ1) is 28.3. The van der Waals surface area contributed by atoms with Gasteiger partial charge < -0.3 is 19.1 Å². The first-order chi connectivity index (χ1) is 18.0. The Labute approximate surface area is 218 Å². The molecule has 1 unspecified atom stereocenters. The minimum Gasteiger partial charge on any atom is -0.479 e. The summed E-state index contributed by atoms with van der Waals surface area (Å²) in [5.41, 5.74) is 1.88. The molecule has 9 heteroatoms. The molecule has 1 heterocycles. The highest BCUT2D eigenvalue weighted by Crippen LogP contribution is 2.35. The van der Waals surface area contributed by atoms with E-state index in [4.69, 9.17) is 4.74 Å². The quantitative estimate of drug-likeness (QED) is 0.122. The first-order valence-electron chi connectivity index (χ1n) is 11.9. The number of aliphatic carboxylic acids is 1. The van der Waals surface area contributed by atoms with E-state index in [1.807, 2.05) is 19.1 Å². The molecule has 0 saturated carbocycles. The van der Waals surface area contributed by atoms with E-state index in [2.05, 4.69) is 11.3 Å². The van der Waals surface area contributed by atoms with Crippen LogP contribution in [0.5, 0.6) is 11.5 Å². The molecule has 6 nitrogen and oxygen atoms in total. The van der Waals surface area contributed by atoms with Gasteiger partial charge >= 0.3 is 12.3 Å². The second-order valence-corrected chi connectivity index (χ2v) is 8.37. The van der Waals surface area contributed by atoms with E-state index in [0.717, 1.165) is 6.07 Å². The second kappa shape index (κ2) is 11.9. The molecule has 0 radical (unpaired) electrons. The molecule has 0 aliphatic carbocycles. The van der Waals surface area contributed by atoms with Gasteiger partial charge in [-0.3, -0.25) is 4.79 Å². The third-order valence-corrected chi connectivity index (χ3v) is 5.83. The number of carbonyl (C=O) groups is 2. The van der Waals surface area contributed by atoms with Crippen molar-refractivity contribution in [1.29, 1.82) is 0 Å². The molecule has 0 aliphatic rings. The lowest BCUT2D eigenvalue weighted by Crippen LogP contribution is -2.25. The van der Waals surface area contributed by atoms with Crippen LogP contribution in [0.3, 0.4) is 0 Å². The van der Waals surface area contributed by atoms with Crippen molar-refractivity contribution < 1.29 is 37.3 Å². The number of carboxylic acid groups (broad SMARTS) is 1. The summed E-state index contributed by atoms with van der Waals surface area (Å²) in [7, 11) is 0. The normalized spacial score (nSPS) is 13.1. The fourth-order valence-electron chi connectivity index (χ4n) is 4.12. The van der Waals surface area contributed by atoms with Gasteiger partial charge in [-0.15, -0.1) is 13.2 Å². The van der Waals surface area contributed by atoms with Crippen LogP contribution >= 0.6 is 0 Å². The van der Waals surface area contributed by atoms with Gasteiger partial charge in [-0.2, -0.15) is 0 Å². The van der Waals surface area contributed by atoms with Crippen molar-refractivity contribution in [2.45, 2.75) is 46.1 Å². The topological polar surface area (TPSA) is 77.8 Å². The van der Waals surface area contributed by atoms with Crippen molar-refractivity contribution in [3.63, 3.8) is 0 Å². The number of carbonyl (C=O) groups excluding carboxylic acids is 1. The van der Waals surface area contributed by atoms with Crippen molar-refractivity contribution in [3.05, 3.63) is 90.2 Å². The van der Waals surface area contributed by atoms with Gasteiger partial charge in [-0.1, -0.05) is 43.9 Å². The van der Waals surface area contributed by atoms with Crippen LogP contribution in [-0.4, -0.2) is 33.9 Å². The number of fused-ring (bicyclic) bond motifs is 1. The third-order valence-electron chi connectivity index (χ3n) is 5.83. The maximum Gasteiger partial charge on any atom is 0.573 e. The number of Topliss-reactive ketones (excluding diaryl/α,β-unsaturated/α-hetero) is 1. The van der Waals surface area contributed by atoms with E-state index in [9.17, 15) is 27.9 Å². The van der Waals surface area contributed by atoms with Gasteiger partial charge in [-0.05, 0) is 51.0 Å². The van der Waals surface area contributed by atoms with Gasteiger partial charge in [0.15, 0.2) is 11.9 Å². The van der Waals surface area contributed by atoms with E-state index in [1.54, 1.807) is 48.8 Å². The van der Waals surface area contributed by atoms with Crippen LogP contribution in [0.15, 0.2) is 78.9 Å². The lowest BCUT2D eigenvalue weighted by Gasteiger charge is -2.15. The molecular weight excluding hydrogens is 499 g/mol. The van der Waals surface area contributed by atoms with Crippen molar-refractivity contribution >= 4 is 22.7 Å². The van der Waals surface area contributed by atoms with Crippen LogP contribution < -0.4 is 9.47 Å². The van der Waals surface area contributed by atoms with E-state index in [-0.39, 0.29) is 18.0 Å². The summed E-state index contributed by atoms with van der Waals surface area (Å²) in [5.74, 6) is -1.64.